The first-order chi connectivity index (χ1) is 7.61. The van der Waals surface area contributed by atoms with Gasteiger partial charge >= 0.3 is 0 Å². The summed E-state index contributed by atoms with van der Waals surface area (Å²) in [6, 6.07) is 8.49. The van der Waals surface area contributed by atoms with Crippen LogP contribution in [0.25, 0.3) is 0 Å². The first-order valence-corrected chi connectivity index (χ1v) is 5.39. The molecule has 1 aromatic rings. The van der Waals surface area contributed by atoms with Crippen LogP contribution in [0.2, 0.25) is 0 Å². The van der Waals surface area contributed by atoms with Gasteiger partial charge in [0, 0.05) is 0 Å². The molecule has 1 heterocycles. The molecule has 2 N–H and O–H groups in total. The lowest BCUT2D eigenvalue weighted by Crippen LogP contribution is -2.39. The molecule has 0 aliphatic carbocycles. The number of rotatable bonds is 2. The van der Waals surface area contributed by atoms with Crippen LogP contribution in [0.5, 0.6) is 0 Å². The Kier molecular flexibility index (Phi) is 2.89. The zero-order valence-corrected chi connectivity index (χ0v) is 9.57. The molecule has 0 radical (unpaired) electrons. The van der Waals surface area contributed by atoms with Gasteiger partial charge in [-0.25, -0.2) is 0 Å². The van der Waals surface area contributed by atoms with Gasteiger partial charge in [-0.05, 0) is 31.3 Å². The van der Waals surface area contributed by atoms with Gasteiger partial charge in [-0.3, -0.25) is 9.69 Å². The van der Waals surface area contributed by atoms with Crippen LogP contribution in [0.15, 0.2) is 30.3 Å². The molecule has 4 nitrogen and oxygen atoms in total. The average Bonchev–Trinajstić information content (AvgIpc) is 2.56. The number of benzene rings is 1. The molecule has 5 heteroatoms. The minimum Gasteiger partial charge on any atom is -0.391 e. The van der Waals surface area contributed by atoms with Crippen molar-refractivity contribution in [2.75, 3.05) is 4.90 Å². The van der Waals surface area contributed by atoms with Crippen molar-refractivity contribution in [2.45, 2.75) is 19.1 Å². The Bertz CT molecular complexity index is 419. The third-order valence-electron chi connectivity index (χ3n) is 2.47. The van der Waals surface area contributed by atoms with Crippen LogP contribution in [0, 0.1) is 0 Å². The molecule has 1 aliphatic heterocycles. The van der Waals surface area contributed by atoms with E-state index in [1.54, 1.807) is 19.1 Å². The molecular weight excluding hydrogens is 224 g/mol. The highest BCUT2D eigenvalue weighted by Gasteiger charge is 2.38. The SMILES string of the molecule is C[C@H](O)[C@H]1NC(=S)N(c2ccccc2)C1=O. The van der Waals surface area contributed by atoms with Crippen LogP contribution in [0.1, 0.15) is 6.92 Å². The number of hydrogen-bond donors (Lipinski definition) is 2. The van der Waals surface area contributed by atoms with E-state index in [1.807, 2.05) is 18.2 Å². The standard InChI is InChI=1S/C11H12N2O2S/c1-7(14)9-10(15)13(11(16)12-9)8-5-3-2-4-6-8/h2-7,9,14H,1H3,(H,12,16)/t7-,9+/m0/s1. The maximum absolute atomic E-state index is 12.0. The van der Waals surface area contributed by atoms with E-state index in [-0.39, 0.29) is 5.91 Å². The van der Waals surface area contributed by atoms with Gasteiger partial charge in [-0.15, -0.1) is 0 Å². The van der Waals surface area contributed by atoms with E-state index in [0.29, 0.717) is 10.8 Å². The molecule has 0 unspecified atom stereocenters. The van der Waals surface area contributed by atoms with Gasteiger partial charge in [0.05, 0.1) is 11.8 Å². The third-order valence-corrected chi connectivity index (χ3v) is 2.77. The molecule has 84 valence electrons. The van der Waals surface area contributed by atoms with Crippen molar-refractivity contribution in [3.63, 3.8) is 0 Å². The van der Waals surface area contributed by atoms with Gasteiger partial charge in [0.1, 0.15) is 6.04 Å². The second-order valence-corrected chi connectivity index (χ2v) is 4.06. The lowest BCUT2D eigenvalue weighted by atomic mass is 10.2. The Morgan fingerprint density at radius 3 is 2.56 bits per heavy atom. The highest BCUT2D eigenvalue weighted by molar-refractivity contribution is 7.80. The molecule has 0 bridgehead atoms. The van der Waals surface area contributed by atoms with E-state index in [2.05, 4.69) is 5.32 Å². The van der Waals surface area contributed by atoms with Crippen molar-refractivity contribution in [1.29, 1.82) is 0 Å². The highest BCUT2D eigenvalue weighted by Crippen LogP contribution is 2.20. The number of carbonyl (C=O) groups excluding carboxylic acids is 1. The highest BCUT2D eigenvalue weighted by atomic mass is 32.1. The second-order valence-electron chi connectivity index (χ2n) is 3.68. The summed E-state index contributed by atoms with van der Waals surface area (Å²) in [5, 5.41) is 12.6. The fourth-order valence-electron chi connectivity index (χ4n) is 1.65. The van der Waals surface area contributed by atoms with Crippen molar-refractivity contribution in [3.05, 3.63) is 30.3 Å². The Hall–Kier alpha value is -1.46. The van der Waals surface area contributed by atoms with Gasteiger partial charge in [-0.1, -0.05) is 18.2 Å². The van der Waals surface area contributed by atoms with E-state index in [4.69, 9.17) is 12.2 Å². The molecule has 2 atom stereocenters. The first-order valence-electron chi connectivity index (χ1n) is 4.99. The lowest BCUT2D eigenvalue weighted by Gasteiger charge is -2.15. The van der Waals surface area contributed by atoms with E-state index >= 15 is 0 Å². The number of carbonyl (C=O) groups is 1. The molecule has 1 aliphatic rings. The summed E-state index contributed by atoms with van der Waals surface area (Å²) in [4.78, 5) is 13.4. The number of thiocarbonyl (C=S) groups is 1. The summed E-state index contributed by atoms with van der Waals surface area (Å²) in [6.45, 7) is 1.56. The van der Waals surface area contributed by atoms with Gasteiger partial charge in [0.15, 0.2) is 5.11 Å². The molecule has 1 amide bonds. The summed E-state index contributed by atoms with van der Waals surface area (Å²) < 4.78 is 0. The van der Waals surface area contributed by atoms with E-state index < -0.39 is 12.1 Å². The molecule has 0 spiro atoms. The van der Waals surface area contributed by atoms with Crippen LogP contribution in [-0.2, 0) is 4.79 Å². The topological polar surface area (TPSA) is 52.6 Å². The maximum Gasteiger partial charge on any atom is 0.258 e. The number of nitrogens with zero attached hydrogens (tertiary/aromatic N) is 1. The largest absolute Gasteiger partial charge is 0.391 e. The second kappa shape index (κ2) is 4.19. The van der Waals surface area contributed by atoms with Crippen molar-refractivity contribution in [3.8, 4) is 0 Å². The number of aliphatic hydroxyl groups is 1. The number of aliphatic hydroxyl groups excluding tert-OH is 1. The Balaban J connectivity index is 2.30. The number of amides is 1. The van der Waals surface area contributed by atoms with Crippen molar-refractivity contribution in [1.82, 2.24) is 5.32 Å². The Morgan fingerprint density at radius 1 is 1.44 bits per heavy atom. The average molecular weight is 236 g/mol. The first kappa shape index (κ1) is 11.0. The lowest BCUT2D eigenvalue weighted by molar-refractivity contribution is -0.120. The molecule has 16 heavy (non-hydrogen) atoms. The van der Waals surface area contributed by atoms with E-state index in [9.17, 15) is 9.90 Å². The van der Waals surface area contributed by atoms with Gasteiger partial charge in [0.25, 0.3) is 5.91 Å². The third kappa shape index (κ3) is 1.79. The van der Waals surface area contributed by atoms with Gasteiger partial charge < -0.3 is 10.4 Å². The monoisotopic (exact) mass is 236 g/mol. The predicted molar refractivity (Wildman–Crippen MR) is 65.1 cm³/mol. The number of nitrogens with one attached hydrogen (secondary N) is 1. The molecule has 0 aromatic heterocycles. The Labute approximate surface area is 98.9 Å². The number of anilines is 1. The fraction of sp³-hybridized carbons (Fsp3) is 0.273. The predicted octanol–water partition coefficient (Wildman–Crippen LogP) is 0.657. The smallest absolute Gasteiger partial charge is 0.258 e. The molecule has 2 rings (SSSR count). The normalized spacial score (nSPS) is 22.1. The van der Waals surface area contributed by atoms with Crippen molar-refractivity contribution >= 4 is 28.9 Å². The van der Waals surface area contributed by atoms with Crippen LogP contribution in [0.3, 0.4) is 0 Å². The zero-order valence-electron chi connectivity index (χ0n) is 8.75. The number of para-hydroxylation sites is 1. The van der Waals surface area contributed by atoms with Crippen LogP contribution < -0.4 is 10.2 Å². The summed E-state index contributed by atoms with van der Waals surface area (Å²) in [6.07, 6.45) is -0.765. The Morgan fingerprint density at radius 2 is 2.06 bits per heavy atom. The fourth-order valence-corrected chi connectivity index (χ4v) is 1.97. The quantitative estimate of drug-likeness (QED) is 0.741. The molecular formula is C11H12N2O2S. The maximum atomic E-state index is 12.0. The minimum atomic E-state index is -0.765. The molecule has 1 saturated heterocycles. The van der Waals surface area contributed by atoms with Crippen LogP contribution >= 0.6 is 12.2 Å². The molecule has 0 saturated carbocycles. The zero-order chi connectivity index (χ0) is 11.7. The van der Waals surface area contributed by atoms with Gasteiger partial charge in [0.2, 0.25) is 0 Å². The van der Waals surface area contributed by atoms with Crippen molar-refractivity contribution in [2.24, 2.45) is 0 Å². The molecule has 1 aromatic carbocycles. The van der Waals surface area contributed by atoms with Gasteiger partial charge in [-0.2, -0.15) is 0 Å². The summed E-state index contributed by atoms with van der Waals surface area (Å²) in [7, 11) is 0. The molecule has 1 fully saturated rings. The summed E-state index contributed by atoms with van der Waals surface area (Å²) in [5.74, 6) is -0.216. The van der Waals surface area contributed by atoms with E-state index in [1.165, 1.54) is 4.90 Å². The number of hydrogen-bond acceptors (Lipinski definition) is 3. The summed E-state index contributed by atoms with van der Waals surface area (Å²) in [5.41, 5.74) is 0.716. The van der Waals surface area contributed by atoms with E-state index in [0.717, 1.165) is 0 Å². The van der Waals surface area contributed by atoms with Crippen LogP contribution in [-0.4, -0.2) is 28.3 Å². The van der Waals surface area contributed by atoms with Crippen molar-refractivity contribution < 1.29 is 9.90 Å². The summed E-state index contributed by atoms with van der Waals surface area (Å²) >= 11 is 5.08. The van der Waals surface area contributed by atoms with Crippen LogP contribution in [0.4, 0.5) is 5.69 Å². The minimum absolute atomic E-state index is 0.216.